The van der Waals surface area contributed by atoms with Crippen molar-refractivity contribution in [1.82, 2.24) is 0 Å². The molecule has 0 radical (unpaired) electrons. The average Bonchev–Trinajstić information content (AvgIpc) is 3.05. The summed E-state index contributed by atoms with van der Waals surface area (Å²) in [6.45, 7) is -0.502. The zero-order chi connectivity index (χ0) is 18.3. The van der Waals surface area contributed by atoms with Crippen LogP contribution in [0.15, 0.2) is 47.1 Å². The van der Waals surface area contributed by atoms with Crippen LogP contribution in [0.4, 0.5) is 18.9 Å². The summed E-state index contributed by atoms with van der Waals surface area (Å²) < 4.78 is 49.7. The van der Waals surface area contributed by atoms with Crippen molar-refractivity contribution >= 4 is 17.6 Å². The van der Waals surface area contributed by atoms with E-state index in [1.54, 1.807) is 12.1 Å². The van der Waals surface area contributed by atoms with Gasteiger partial charge in [0.15, 0.2) is 6.61 Å². The third-order valence-electron chi connectivity index (χ3n) is 2.89. The van der Waals surface area contributed by atoms with Crippen LogP contribution >= 0.6 is 0 Å². The van der Waals surface area contributed by atoms with Gasteiger partial charge in [0.1, 0.15) is 11.5 Å². The Morgan fingerprint density at radius 2 is 1.84 bits per heavy atom. The summed E-state index contributed by atoms with van der Waals surface area (Å²) in [6, 6.07) is 7.98. The van der Waals surface area contributed by atoms with Gasteiger partial charge >= 0.3 is 12.3 Å². The number of hydrogen-bond acceptors (Lipinski definition) is 5. The molecule has 6 nitrogen and oxygen atoms in total. The smallest absolute Gasteiger partial charge is 0.469 e. The van der Waals surface area contributed by atoms with E-state index in [2.05, 4.69) is 10.1 Å². The minimum atomic E-state index is -4.78. The van der Waals surface area contributed by atoms with Crippen molar-refractivity contribution in [2.45, 2.75) is 19.2 Å². The molecular formula is C16H14F3NO5. The van der Waals surface area contributed by atoms with Gasteiger partial charge in [-0.3, -0.25) is 9.59 Å². The zero-order valence-corrected chi connectivity index (χ0v) is 12.8. The molecule has 0 saturated heterocycles. The Kier molecular flexibility index (Phi) is 6.04. The first kappa shape index (κ1) is 18.4. The van der Waals surface area contributed by atoms with Crippen LogP contribution in [0, 0.1) is 0 Å². The molecule has 0 aliphatic rings. The maximum Gasteiger partial charge on any atom is 0.573 e. The van der Waals surface area contributed by atoms with Gasteiger partial charge in [-0.25, -0.2) is 0 Å². The summed E-state index contributed by atoms with van der Waals surface area (Å²) in [7, 11) is 0. The number of carbonyl (C=O) groups excluding carboxylic acids is 2. The molecule has 134 valence electrons. The van der Waals surface area contributed by atoms with Crippen LogP contribution < -0.4 is 10.1 Å². The summed E-state index contributed by atoms with van der Waals surface area (Å²) >= 11 is 0. The first-order chi connectivity index (χ1) is 11.8. The SMILES string of the molecule is O=C(COC(=O)CCc1ccco1)Nc1ccc(OC(F)(F)F)cc1. The predicted molar refractivity (Wildman–Crippen MR) is 79.7 cm³/mol. The van der Waals surface area contributed by atoms with Crippen molar-refractivity contribution in [3.8, 4) is 5.75 Å². The molecule has 2 rings (SSSR count). The number of esters is 1. The molecule has 0 bridgehead atoms. The molecular weight excluding hydrogens is 343 g/mol. The summed E-state index contributed by atoms with van der Waals surface area (Å²) in [4.78, 5) is 23.2. The van der Waals surface area contributed by atoms with Gasteiger partial charge in [-0.2, -0.15) is 0 Å². The number of aryl methyl sites for hydroxylation is 1. The van der Waals surface area contributed by atoms with E-state index in [1.807, 2.05) is 0 Å². The molecule has 0 aliphatic heterocycles. The number of benzene rings is 1. The molecule has 1 aromatic carbocycles. The fourth-order valence-electron chi connectivity index (χ4n) is 1.84. The molecule has 1 aromatic heterocycles. The monoisotopic (exact) mass is 357 g/mol. The number of hydrogen-bond donors (Lipinski definition) is 1. The van der Waals surface area contributed by atoms with Gasteiger partial charge in [-0.05, 0) is 36.4 Å². The molecule has 0 fully saturated rings. The number of rotatable bonds is 7. The Balaban J connectivity index is 1.71. The van der Waals surface area contributed by atoms with Crippen molar-refractivity contribution in [1.29, 1.82) is 0 Å². The third kappa shape index (κ3) is 6.98. The number of furan rings is 1. The minimum Gasteiger partial charge on any atom is -0.469 e. The highest BCUT2D eigenvalue weighted by molar-refractivity contribution is 5.92. The van der Waals surface area contributed by atoms with Gasteiger partial charge in [-0.1, -0.05) is 0 Å². The molecule has 25 heavy (non-hydrogen) atoms. The number of ether oxygens (including phenoxy) is 2. The Hall–Kier alpha value is -2.97. The zero-order valence-electron chi connectivity index (χ0n) is 12.8. The normalized spacial score (nSPS) is 11.0. The van der Waals surface area contributed by atoms with Crippen LogP contribution in [-0.4, -0.2) is 24.8 Å². The molecule has 0 spiro atoms. The molecule has 0 unspecified atom stereocenters. The maximum absolute atomic E-state index is 12.0. The minimum absolute atomic E-state index is 0.0598. The molecule has 1 amide bonds. The van der Waals surface area contributed by atoms with E-state index in [4.69, 9.17) is 9.15 Å². The van der Waals surface area contributed by atoms with Gasteiger partial charge in [-0.15, -0.1) is 13.2 Å². The number of alkyl halides is 3. The number of anilines is 1. The van der Waals surface area contributed by atoms with Crippen molar-refractivity contribution in [2.75, 3.05) is 11.9 Å². The van der Waals surface area contributed by atoms with Crippen molar-refractivity contribution < 1.29 is 36.7 Å². The fourth-order valence-corrected chi connectivity index (χ4v) is 1.84. The Bertz CT molecular complexity index is 696. The standard InChI is InChI=1S/C16H14F3NO5/c17-16(18,19)25-13-5-3-11(4-6-13)20-14(21)10-24-15(22)8-7-12-2-1-9-23-12/h1-6,9H,7-8,10H2,(H,20,21). The second-order valence-electron chi connectivity index (χ2n) is 4.86. The first-order valence-corrected chi connectivity index (χ1v) is 7.15. The number of amides is 1. The number of halogens is 3. The Morgan fingerprint density at radius 3 is 2.44 bits per heavy atom. The molecule has 0 atom stereocenters. The molecule has 1 N–H and O–H groups in total. The summed E-state index contributed by atoms with van der Waals surface area (Å²) in [5.74, 6) is -0.964. The highest BCUT2D eigenvalue weighted by atomic mass is 19.4. The lowest BCUT2D eigenvalue weighted by atomic mass is 10.2. The van der Waals surface area contributed by atoms with Crippen LogP contribution in [0.5, 0.6) is 5.75 Å². The average molecular weight is 357 g/mol. The third-order valence-corrected chi connectivity index (χ3v) is 2.89. The van der Waals surface area contributed by atoms with E-state index in [-0.39, 0.29) is 12.1 Å². The van der Waals surface area contributed by atoms with Gasteiger partial charge in [0.05, 0.1) is 12.7 Å². The molecule has 1 heterocycles. The van der Waals surface area contributed by atoms with Crippen LogP contribution in [0.3, 0.4) is 0 Å². The quantitative estimate of drug-likeness (QED) is 0.770. The fraction of sp³-hybridized carbons (Fsp3) is 0.250. The highest BCUT2D eigenvalue weighted by Gasteiger charge is 2.30. The van der Waals surface area contributed by atoms with Crippen LogP contribution in [-0.2, 0) is 20.7 Å². The predicted octanol–water partition coefficient (Wildman–Crippen LogP) is 3.29. The van der Waals surface area contributed by atoms with E-state index in [1.165, 1.54) is 18.4 Å². The topological polar surface area (TPSA) is 77.8 Å². The molecule has 9 heteroatoms. The second-order valence-corrected chi connectivity index (χ2v) is 4.86. The van der Waals surface area contributed by atoms with E-state index in [9.17, 15) is 22.8 Å². The Morgan fingerprint density at radius 1 is 1.12 bits per heavy atom. The maximum atomic E-state index is 12.0. The van der Waals surface area contributed by atoms with Gasteiger partial charge in [0.25, 0.3) is 5.91 Å². The van der Waals surface area contributed by atoms with Crippen molar-refractivity contribution in [3.05, 3.63) is 48.4 Å². The lowest BCUT2D eigenvalue weighted by Gasteiger charge is -2.10. The summed E-state index contributed by atoms with van der Waals surface area (Å²) in [5.41, 5.74) is 0.242. The lowest BCUT2D eigenvalue weighted by molar-refractivity contribution is -0.274. The molecule has 2 aromatic rings. The van der Waals surface area contributed by atoms with E-state index >= 15 is 0 Å². The van der Waals surface area contributed by atoms with Gasteiger partial charge in [0.2, 0.25) is 0 Å². The van der Waals surface area contributed by atoms with Gasteiger partial charge < -0.3 is 19.2 Å². The lowest BCUT2D eigenvalue weighted by Crippen LogP contribution is -2.21. The molecule has 0 aliphatic carbocycles. The van der Waals surface area contributed by atoms with E-state index in [0.29, 0.717) is 12.2 Å². The highest BCUT2D eigenvalue weighted by Crippen LogP contribution is 2.23. The van der Waals surface area contributed by atoms with Crippen LogP contribution in [0.25, 0.3) is 0 Å². The van der Waals surface area contributed by atoms with Crippen LogP contribution in [0.1, 0.15) is 12.2 Å². The number of carbonyl (C=O) groups is 2. The van der Waals surface area contributed by atoms with Crippen LogP contribution in [0.2, 0.25) is 0 Å². The Labute approximate surface area is 140 Å². The van der Waals surface area contributed by atoms with Crippen molar-refractivity contribution in [2.24, 2.45) is 0 Å². The van der Waals surface area contributed by atoms with Crippen molar-refractivity contribution in [3.63, 3.8) is 0 Å². The second kappa shape index (κ2) is 8.22. The largest absolute Gasteiger partial charge is 0.573 e. The van der Waals surface area contributed by atoms with E-state index in [0.717, 1.165) is 12.1 Å². The summed E-state index contributed by atoms with van der Waals surface area (Å²) in [5, 5.41) is 2.39. The first-order valence-electron chi connectivity index (χ1n) is 7.15. The number of nitrogens with one attached hydrogen (secondary N) is 1. The van der Waals surface area contributed by atoms with E-state index < -0.39 is 30.6 Å². The summed E-state index contributed by atoms with van der Waals surface area (Å²) in [6.07, 6.45) is -2.88. The van der Waals surface area contributed by atoms with Gasteiger partial charge in [0, 0.05) is 12.1 Å². The molecule has 0 saturated carbocycles.